The summed E-state index contributed by atoms with van der Waals surface area (Å²) in [7, 11) is 0. The molecule has 2 aromatic carbocycles. The molecule has 25 heavy (non-hydrogen) atoms. The zero-order chi connectivity index (χ0) is 17.8. The summed E-state index contributed by atoms with van der Waals surface area (Å²) in [4.78, 5) is 26.9. The molecule has 1 aliphatic heterocycles. The summed E-state index contributed by atoms with van der Waals surface area (Å²) in [6.45, 7) is 3.10. The molecule has 5 nitrogen and oxygen atoms in total. The lowest BCUT2D eigenvalue weighted by Crippen LogP contribution is -2.36. The second-order valence-corrected chi connectivity index (χ2v) is 7.51. The summed E-state index contributed by atoms with van der Waals surface area (Å²) in [6.07, 6.45) is 0.957. The van der Waals surface area contributed by atoms with E-state index < -0.39 is 5.91 Å². The topological polar surface area (TPSA) is 75.4 Å². The Labute approximate surface area is 151 Å². The van der Waals surface area contributed by atoms with Gasteiger partial charge in [0.1, 0.15) is 0 Å². The van der Waals surface area contributed by atoms with Crippen LogP contribution in [0.1, 0.15) is 23.7 Å². The Balaban J connectivity index is 1.69. The van der Waals surface area contributed by atoms with Gasteiger partial charge in [-0.1, -0.05) is 19.1 Å². The zero-order valence-electron chi connectivity index (χ0n) is 14.1. The molecular weight excluding hydrogens is 334 g/mol. The zero-order valence-corrected chi connectivity index (χ0v) is 14.9. The summed E-state index contributed by atoms with van der Waals surface area (Å²) in [5, 5.41) is 3.60. The van der Waals surface area contributed by atoms with Crippen molar-refractivity contribution in [3.63, 3.8) is 0 Å². The fraction of sp³-hybridized carbons (Fsp3) is 0.263. The number of para-hydroxylation sites is 1. The Bertz CT molecular complexity index is 776. The molecule has 0 saturated carbocycles. The first-order chi connectivity index (χ1) is 12.0. The van der Waals surface area contributed by atoms with Gasteiger partial charge in [0.15, 0.2) is 0 Å². The number of thioether (sulfide) groups is 1. The molecule has 6 heteroatoms. The maximum Gasteiger partial charge on any atom is 0.248 e. The van der Waals surface area contributed by atoms with E-state index in [1.54, 1.807) is 24.3 Å². The van der Waals surface area contributed by atoms with Gasteiger partial charge in [-0.2, -0.15) is 0 Å². The lowest BCUT2D eigenvalue weighted by Gasteiger charge is -2.23. The molecule has 0 fully saturated rings. The average molecular weight is 355 g/mol. The number of nitrogens with two attached hydrogens (primary N) is 1. The smallest absolute Gasteiger partial charge is 0.248 e. The second kappa shape index (κ2) is 7.61. The van der Waals surface area contributed by atoms with Gasteiger partial charge in [-0.25, -0.2) is 0 Å². The first-order valence-corrected chi connectivity index (χ1v) is 9.12. The summed E-state index contributed by atoms with van der Waals surface area (Å²) in [5.41, 5.74) is 7.44. The fourth-order valence-corrected chi connectivity index (χ4v) is 3.88. The molecule has 1 heterocycles. The SMILES string of the molecule is CC1CCN(C(=O)CNc2ccc(C(N)=O)cc2)c2ccccc2S1. The van der Waals surface area contributed by atoms with Gasteiger partial charge in [0.05, 0.1) is 12.2 Å². The number of hydrogen-bond donors (Lipinski definition) is 2. The maximum atomic E-state index is 12.7. The molecule has 1 aliphatic rings. The van der Waals surface area contributed by atoms with Crippen molar-refractivity contribution in [1.82, 2.24) is 0 Å². The molecule has 2 amide bonds. The van der Waals surface area contributed by atoms with Crippen LogP contribution in [0.3, 0.4) is 0 Å². The van der Waals surface area contributed by atoms with Crippen LogP contribution in [0.2, 0.25) is 0 Å². The molecule has 3 rings (SSSR count). The van der Waals surface area contributed by atoms with Crippen LogP contribution in [0.5, 0.6) is 0 Å². The van der Waals surface area contributed by atoms with Gasteiger partial charge in [0.2, 0.25) is 11.8 Å². The van der Waals surface area contributed by atoms with Crippen molar-refractivity contribution < 1.29 is 9.59 Å². The minimum atomic E-state index is -0.463. The van der Waals surface area contributed by atoms with E-state index in [0.717, 1.165) is 22.7 Å². The van der Waals surface area contributed by atoms with E-state index in [1.165, 1.54) is 0 Å². The van der Waals surface area contributed by atoms with E-state index in [-0.39, 0.29) is 12.5 Å². The van der Waals surface area contributed by atoms with Crippen LogP contribution in [0.25, 0.3) is 0 Å². The van der Waals surface area contributed by atoms with E-state index in [0.29, 0.717) is 17.4 Å². The summed E-state index contributed by atoms with van der Waals surface area (Å²) >= 11 is 1.81. The number of carbonyl (C=O) groups excluding carboxylic acids is 2. The number of fused-ring (bicyclic) bond motifs is 1. The highest BCUT2D eigenvalue weighted by Gasteiger charge is 2.23. The number of nitrogens with zero attached hydrogens (tertiary/aromatic N) is 1. The predicted molar refractivity (Wildman–Crippen MR) is 102 cm³/mol. The number of hydrogen-bond acceptors (Lipinski definition) is 4. The van der Waals surface area contributed by atoms with Gasteiger partial charge in [0, 0.05) is 27.9 Å². The third-order valence-corrected chi connectivity index (χ3v) is 5.39. The van der Waals surface area contributed by atoms with Crippen LogP contribution in [0, 0.1) is 0 Å². The minimum absolute atomic E-state index is 0.0288. The first-order valence-electron chi connectivity index (χ1n) is 8.24. The quantitative estimate of drug-likeness (QED) is 0.884. The Morgan fingerprint density at radius 1 is 1.20 bits per heavy atom. The van der Waals surface area contributed by atoms with E-state index in [1.807, 2.05) is 34.9 Å². The van der Waals surface area contributed by atoms with Gasteiger partial charge < -0.3 is 16.0 Å². The molecule has 2 aromatic rings. The predicted octanol–water partition coefficient (Wildman–Crippen LogP) is 3.11. The molecule has 1 atom stereocenters. The van der Waals surface area contributed by atoms with Crippen LogP contribution < -0.4 is 16.0 Å². The third kappa shape index (κ3) is 4.14. The van der Waals surface area contributed by atoms with Crippen molar-refractivity contribution in [1.29, 1.82) is 0 Å². The van der Waals surface area contributed by atoms with E-state index in [4.69, 9.17) is 5.73 Å². The number of anilines is 2. The third-order valence-electron chi connectivity index (χ3n) is 4.16. The Morgan fingerprint density at radius 3 is 2.64 bits per heavy atom. The van der Waals surface area contributed by atoms with Crippen molar-refractivity contribution >= 4 is 35.0 Å². The monoisotopic (exact) mass is 355 g/mol. The van der Waals surface area contributed by atoms with Gasteiger partial charge in [-0.3, -0.25) is 9.59 Å². The number of rotatable bonds is 4. The standard InChI is InChI=1S/C19H21N3O2S/c1-13-10-11-22(16-4-2-3-5-17(16)25-13)18(23)12-21-15-8-6-14(7-9-15)19(20)24/h2-9,13,21H,10-12H2,1H3,(H2,20,24). The maximum absolute atomic E-state index is 12.7. The number of primary amides is 1. The van der Waals surface area contributed by atoms with E-state index in [9.17, 15) is 9.59 Å². The number of amides is 2. The minimum Gasteiger partial charge on any atom is -0.376 e. The molecule has 0 aliphatic carbocycles. The molecule has 0 spiro atoms. The highest BCUT2D eigenvalue weighted by molar-refractivity contribution is 8.00. The summed E-state index contributed by atoms with van der Waals surface area (Å²) in [5.74, 6) is -0.434. The summed E-state index contributed by atoms with van der Waals surface area (Å²) in [6, 6.07) is 14.8. The van der Waals surface area contributed by atoms with Crippen molar-refractivity contribution in [2.24, 2.45) is 5.73 Å². The van der Waals surface area contributed by atoms with Gasteiger partial charge >= 0.3 is 0 Å². The highest BCUT2D eigenvalue weighted by atomic mass is 32.2. The Morgan fingerprint density at radius 2 is 1.92 bits per heavy atom. The lowest BCUT2D eigenvalue weighted by molar-refractivity contribution is -0.117. The molecule has 3 N–H and O–H groups in total. The second-order valence-electron chi connectivity index (χ2n) is 6.03. The molecule has 0 bridgehead atoms. The summed E-state index contributed by atoms with van der Waals surface area (Å²) < 4.78 is 0. The number of nitrogens with one attached hydrogen (secondary N) is 1. The van der Waals surface area contributed by atoms with E-state index in [2.05, 4.69) is 18.3 Å². The van der Waals surface area contributed by atoms with Gasteiger partial charge in [-0.05, 0) is 42.8 Å². The number of benzene rings is 2. The van der Waals surface area contributed by atoms with Gasteiger partial charge in [-0.15, -0.1) is 11.8 Å². The average Bonchev–Trinajstić information content (AvgIpc) is 2.78. The largest absolute Gasteiger partial charge is 0.376 e. The highest BCUT2D eigenvalue weighted by Crippen LogP contribution is 2.37. The van der Waals surface area contributed by atoms with Crippen LogP contribution in [0.4, 0.5) is 11.4 Å². The molecule has 0 saturated heterocycles. The lowest BCUT2D eigenvalue weighted by atomic mass is 10.2. The van der Waals surface area contributed by atoms with Crippen molar-refractivity contribution in [3.8, 4) is 0 Å². The molecular formula is C19H21N3O2S. The number of carbonyl (C=O) groups is 2. The van der Waals surface area contributed by atoms with Crippen LogP contribution >= 0.6 is 11.8 Å². The van der Waals surface area contributed by atoms with Crippen molar-refractivity contribution in [2.45, 2.75) is 23.5 Å². The Hall–Kier alpha value is -2.47. The van der Waals surface area contributed by atoms with Crippen molar-refractivity contribution in [2.75, 3.05) is 23.3 Å². The normalized spacial score (nSPS) is 16.7. The molecule has 0 radical (unpaired) electrons. The van der Waals surface area contributed by atoms with E-state index >= 15 is 0 Å². The van der Waals surface area contributed by atoms with Crippen LogP contribution in [0.15, 0.2) is 53.4 Å². The van der Waals surface area contributed by atoms with Crippen LogP contribution in [-0.4, -0.2) is 30.2 Å². The Kier molecular flexibility index (Phi) is 5.28. The molecule has 0 aromatic heterocycles. The fourth-order valence-electron chi connectivity index (χ4n) is 2.77. The van der Waals surface area contributed by atoms with Crippen LogP contribution in [-0.2, 0) is 4.79 Å². The first kappa shape index (κ1) is 17.4. The molecule has 130 valence electrons. The molecule has 1 unspecified atom stereocenters. The van der Waals surface area contributed by atoms with Crippen molar-refractivity contribution in [3.05, 3.63) is 54.1 Å². The van der Waals surface area contributed by atoms with Gasteiger partial charge in [0.25, 0.3) is 0 Å².